The number of aliphatic imine (C=N–C) groups is 1. The van der Waals surface area contributed by atoms with Gasteiger partial charge in [-0.15, -0.1) is 0 Å². The van der Waals surface area contributed by atoms with Crippen LogP contribution < -0.4 is 5.32 Å². The molecule has 1 unspecified atom stereocenters. The van der Waals surface area contributed by atoms with Crippen LogP contribution in [0.4, 0.5) is 4.79 Å². The maximum absolute atomic E-state index is 10.1. The van der Waals surface area contributed by atoms with Gasteiger partial charge in [0.1, 0.15) is 0 Å². The van der Waals surface area contributed by atoms with Crippen molar-refractivity contribution in [3.8, 4) is 0 Å². The molecule has 2 N–H and O–H groups in total. The van der Waals surface area contributed by atoms with Crippen LogP contribution in [-0.4, -0.2) is 29.9 Å². The number of hydrogen-bond donors (Lipinski definition) is 2. The quantitative estimate of drug-likeness (QED) is 0.542. The van der Waals surface area contributed by atoms with Crippen molar-refractivity contribution in [2.45, 2.75) is 19.6 Å². The molecule has 62 valence electrons. The molecular formula is C6H10N2O3. The highest BCUT2D eigenvalue weighted by Crippen LogP contribution is 2.01. The van der Waals surface area contributed by atoms with E-state index in [-0.39, 0.29) is 0 Å². The lowest BCUT2D eigenvalue weighted by Crippen LogP contribution is -2.40. The lowest BCUT2D eigenvalue weighted by atomic mass is 10.3. The zero-order chi connectivity index (χ0) is 8.27. The first kappa shape index (κ1) is 7.84. The van der Waals surface area contributed by atoms with Crippen LogP contribution in [0.3, 0.4) is 0 Å². The zero-order valence-electron chi connectivity index (χ0n) is 6.20. The molecule has 0 fully saturated rings. The number of ether oxygens (including phenoxy) is 1. The highest BCUT2D eigenvalue weighted by Gasteiger charge is 2.15. The van der Waals surface area contributed by atoms with Crippen molar-refractivity contribution in [3.05, 3.63) is 0 Å². The Labute approximate surface area is 64.1 Å². The van der Waals surface area contributed by atoms with Crippen molar-refractivity contribution in [2.24, 2.45) is 4.99 Å². The van der Waals surface area contributed by atoms with Gasteiger partial charge in [0.05, 0.1) is 5.84 Å². The molecule has 1 aliphatic heterocycles. The molecule has 0 aromatic rings. The molecule has 0 aromatic heterocycles. The molecule has 0 amide bonds. The molecule has 0 saturated carbocycles. The standard InChI is InChI=1S/C6H10N2O3/c1-4-7-3-2-5(8-4)11-6(9)10/h5H,2-3H2,1H3,(H,7,8)(H,9,10). The van der Waals surface area contributed by atoms with Crippen molar-refractivity contribution in [1.29, 1.82) is 0 Å². The van der Waals surface area contributed by atoms with E-state index in [9.17, 15) is 4.79 Å². The van der Waals surface area contributed by atoms with Crippen LogP contribution in [0.2, 0.25) is 0 Å². The summed E-state index contributed by atoms with van der Waals surface area (Å²) >= 11 is 0. The van der Waals surface area contributed by atoms with Gasteiger partial charge in [0, 0.05) is 13.0 Å². The molecular weight excluding hydrogens is 148 g/mol. The van der Waals surface area contributed by atoms with Gasteiger partial charge >= 0.3 is 6.16 Å². The van der Waals surface area contributed by atoms with Crippen LogP contribution in [0.15, 0.2) is 4.99 Å². The van der Waals surface area contributed by atoms with Crippen molar-refractivity contribution in [3.63, 3.8) is 0 Å². The maximum Gasteiger partial charge on any atom is 0.507 e. The average molecular weight is 158 g/mol. The van der Waals surface area contributed by atoms with Gasteiger partial charge in [-0.05, 0) is 6.92 Å². The fourth-order valence-corrected chi connectivity index (χ4v) is 0.910. The molecule has 0 saturated heterocycles. The molecule has 1 aliphatic rings. The Morgan fingerprint density at radius 1 is 1.91 bits per heavy atom. The highest BCUT2D eigenvalue weighted by atomic mass is 16.7. The molecule has 1 heterocycles. The minimum Gasteiger partial charge on any atom is -0.450 e. The minimum atomic E-state index is -1.25. The molecule has 0 spiro atoms. The largest absolute Gasteiger partial charge is 0.507 e. The van der Waals surface area contributed by atoms with Crippen LogP contribution >= 0.6 is 0 Å². The van der Waals surface area contributed by atoms with Crippen LogP contribution in [0.5, 0.6) is 0 Å². The summed E-state index contributed by atoms with van der Waals surface area (Å²) in [4.78, 5) is 14.1. The van der Waals surface area contributed by atoms with Crippen LogP contribution in [-0.2, 0) is 4.74 Å². The number of rotatable bonds is 1. The summed E-state index contributed by atoms with van der Waals surface area (Å²) in [6.07, 6.45) is -1.08. The smallest absolute Gasteiger partial charge is 0.450 e. The Morgan fingerprint density at radius 2 is 2.64 bits per heavy atom. The van der Waals surface area contributed by atoms with Crippen LogP contribution in [0, 0.1) is 0 Å². The summed E-state index contributed by atoms with van der Waals surface area (Å²) in [5.74, 6) is 0.725. The van der Waals surface area contributed by atoms with E-state index in [1.165, 1.54) is 0 Å². The normalized spacial score (nSPS) is 23.4. The van der Waals surface area contributed by atoms with Gasteiger partial charge in [-0.2, -0.15) is 0 Å². The van der Waals surface area contributed by atoms with E-state index in [4.69, 9.17) is 5.11 Å². The molecule has 0 radical (unpaired) electrons. The Bertz CT molecular complexity index is 190. The van der Waals surface area contributed by atoms with Crippen molar-refractivity contribution < 1.29 is 14.6 Å². The summed E-state index contributed by atoms with van der Waals surface area (Å²) < 4.78 is 4.49. The second kappa shape index (κ2) is 3.23. The monoisotopic (exact) mass is 158 g/mol. The van der Waals surface area contributed by atoms with E-state index in [2.05, 4.69) is 15.0 Å². The van der Waals surface area contributed by atoms with E-state index >= 15 is 0 Å². The summed E-state index contributed by atoms with van der Waals surface area (Å²) in [7, 11) is 0. The Balaban J connectivity index is 2.38. The highest BCUT2D eigenvalue weighted by molar-refractivity contribution is 5.80. The van der Waals surface area contributed by atoms with Gasteiger partial charge in [0.2, 0.25) is 0 Å². The third-order valence-corrected chi connectivity index (χ3v) is 1.35. The van der Waals surface area contributed by atoms with E-state index in [0.717, 1.165) is 5.84 Å². The molecule has 0 bridgehead atoms. The Hall–Kier alpha value is -1.26. The third kappa shape index (κ3) is 2.45. The second-order valence-electron chi connectivity index (χ2n) is 2.27. The predicted octanol–water partition coefficient (Wildman–Crippen LogP) is 0.419. The number of nitrogens with zero attached hydrogens (tertiary/aromatic N) is 1. The van der Waals surface area contributed by atoms with Crippen LogP contribution in [0.1, 0.15) is 13.3 Å². The van der Waals surface area contributed by atoms with Crippen LogP contribution in [0.25, 0.3) is 0 Å². The van der Waals surface area contributed by atoms with Gasteiger partial charge in [-0.3, -0.25) is 4.99 Å². The van der Waals surface area contributed by atoms with E-state index < -0.39 is 12.4 Å². The Kier molecular flexibility index (Phi) is 2.30. The number of carbonyl (C=O) groups is 1. The lowest BCUT2D eigenvalue weighted by Gasteiger charge is -2.21. The molecule has 0 aromatic carbocycles. The first-order valence-corrected chi connectivity index (χ1v) is 3.35. The number of carboxylic acid groups (broad SMARTS) is 1. The first-order valence-electron chi connectivity index (χ1n) is 3.35. The number of amidine groups is 1. The number of hydrogen-bond acceptors (Lipinski definition) is 4. The van der Waals surface area contributed by atoms with Gasteiger partial charge in [0.15, 0.2) is 6.23 Å². The van der Waals surface area contributed by atoms with Crippen molar-refractivity contribution in [2.75, 3.05) is 6.54 Å². The maximum atomic E-state index is 10.1. The van der Waals surface area contributed by atoms with Gasteiger partial charge in [0.25, 0.3) is 0 Å². The summed E-state index contributed by atoms with van der Waals surface area (Å²) in [5.41, 5.74) is 0. The molecule has 5 nitrogen and oxygen atoms in total. The van der Waals surface area contributed by atoms with Crippen molar-refractivity contribution >= 4 is 12.0 Å². The summed E-state index contributed by atoms with van der Waals surface area (Å²) in [6, 6.07) is 0. The molecule has 11 heavy (non-hydrogen) atoms. The van der Waals surface area contributed by atoms with Crippen molar-refractivity contribution in [1.82, 2.24) is 5.32 Å². The Morgan fingerprint density at radius 3 is 3.18 bits per heavy atom. The summed E-state index contributed by atoms with van der Waals surface area (Å²) in [6.45, 7) is 2.40. The fraction of sp³-hybridized carbons (Fsp3) is 0.667. The SMILES string of the molecule is CC1=NCCC(OC(=O)O)N1. The molecule has 1 rings (SSSR count). The molecule has 1 atom stereocenters. The van der Waals surface area contributed by atoms with Gasteiger partial charge in [-0.1, -0.05) is 0 Å². The van der Waals surface area contributed by atoms with Gasteiger partial charge < -0.3 is 15.2 Å². The molecule has 0 aliphatic carbocycles. The average Bonchev–Trinajstić information content (AvgIpc) is 1.85. The molecule has 5 heteroatoms. The minimum absolute atomic E-state index is 0.426. The van der Waals surface area contributed by atoms with E-state index in [0.29, 0.717) is 13.0 Å². The van der Waals surface area contributed by atoms with Gasteiger partial charge in [-0.25, -0.2) is 4.79 Å². The third-order valence-electron chi connectivity index (χ3n) is 1.35. The van der Waals surface area contributed by atoms with E-state index in [1.54, 1.807) is 6.92 Å². The fourth-order valence-electron chi connectivity index (χ4n) is 0.910. The predicted molar refractivity (Wildman–Crippen MR) is 38.6 cm³/mol. The second-order valence-corrected chi connectivity index (χ2v) is 2.27. The number of nitrogens with one attached hydrogen (secondary N) is 1. The van der Waals surface area contributed by atoms with E-state index in [1.807, 2.05) is 0 Å². The summed E-state index contributed by atoms with van der Waals surface area (Å²) in [5, 5.41) is 11.0. The topological polar surface area (TPSA) is 70.9 Å². The first-order chi connectivity index (χ1) is 5.18. The zero-order valence-corrected chi connectivity index (χ0v) is 6.20. The lowest BCUT2D eigenvalue weighted by molar-refractivity contribution is 0.0411.